The molecule has 2 saturated heterocycles. The van der Waals surface area contributed by atoms with Gasteiger partial charge in [0.25, 0.3) is 0 Å². The predicted octanol–water partition coefficient (Wildman–Crippen LogP) is 5.49. The molecular weight excluding hydrogens is 610 g/mol. The molecule has 0 aliphatic carbocycles. The molecule has 5 rings (SSSR count). The summed E-state index contributed by atoms with van der Waals surface area (Å²) in [6, 6.07) is 19.5. The van der Waals surface area contributed by atoms with Gasteiger partial charge in [-0.2, -0.15) is 0 Å². The molecule has 0 N–H and O–H groups in total. The number of likely N-dealkylation sites (N-methyl/N-ethyl adjacent to an activating group) is 1. The average molecular weight is 656 g/mol. The number of β-lactam (4-membered cyclic amide) rings is 1. The molecule has 11 heteroatoms. The molecule has 2 fully saturated rings. The van der Waals surface area contributed by atoms with E-state index in [-0.39, 0.29) is 30.7 Å². The van der Waals surface area contributed by atoms with Gasteiger partial charge in [-0.3, -0.25) is 19.4 Å². The van der Waals surface area contributed by atoms with Crippen LogP contribution in [0.1, 0.15) is 56.2 Å². The van der Waals surface area contributed by atoms with Crippen LogP contribution in [0.3, 0.4) is 0 Å². The first-order valence-electron chi connectivity index (χ1n) is 16.3. The van der Waals surface area contributed by atoms with Crippen molar-refractivity contribution in [2.24, 2.45) is 5.92 Å². The van der Waals surface area contributed by atoms with Crippen molar-refractivity contribution < 1.29 is 28.7 Å². The predicted molar refractivity (Wildman–Crippen MR) is 182 cm³/mol. The standard InChI is InChI=1S/C37H45N5O6/c1-37(2,3)48-36(46)41(23-25-14-16-29(47-6)17-15-25)31-22-26(18-19-38-31)21-30-32(34(44)39(4)5)42(33(30)43)35(45)40-20-10-13-28(24-40)27-11-8-7-9-12-27/h7-9,11-12,14-19,22,28,30,32H,10,13,20-21,23-24H2,1-6H3/t28-,30+,32-/m0/s1. The lowest BCUT2D eigenvalue weighted by atomic mass is 9.81. The van der Waals surface area contributed by atoms with Gasteiger partial charge in [-0.05, 0) is 81.0 Å². The quantitative estimate of drug-likeness (QED) is 0.295. The van der Waals surface area contributed by atoms with Gasteiger partial charge in [0.15, 0.2) is 0 Å². The maximum Gasteiger partial charge on any atom is 0.416 e. The zero-order valence-corrected chi connectivity index (χ0v) is 28.6. The first-order chi connectivity index (χ1) is 22.9. The average Bonchev–Trinajstić information content (AvgIpc) is 3.07. The van der Waals surface area contributed by atoms with E-state index in [4.69, 9.17) is 9.47 Å². The van der Waals surface area contributed by atoms with Crippen LogP contribution in [0.5, 0.6) is 5.75 Å². The maximum absolute atomic E-state index is 13.8. The number of nitrogens with zero attached hydrogens (tertiary/aromatic N) is 5. The number of anilines is 1. The van der Waals surface area contributed by atoms with Crippen molar-refractivity contribution in [1.82, 2.24) is 19.7 Å². The van der Waals surface area contributed by atoms with Gasteiger partial charge in [0, 0.05) is 39.3 Å². The van der Waals surface area contributed by atoms with Crippen LogP contribution in [0.4, 0.5) is 15.4 Å². The van der Waals surface area contributed by atoms with E-state index >= 15 is 0 Å². The number of urea groups is 1. The number of carbonyl (C=O) groups is 4. The smallest absolute Gasteiger partial charge is 0.416 e. The Labute approximate surface area is 282 Å². The fourth-order valence-corrected chi connectivity index (χ4v) is 6.27. The van der Waals surface area contributed by atoms with Crippen LogP contribution in [-0.2, 0) is 27.3 Å². The molecule has 1 aromatic heterocycles. The normalized spacial score (nSPS) is 19.3. The summed E-state index contributed by atoms with van der Waals surface area (Å²) in [6.07, 6.45) is 2.96. The van der Waals surface area contributed by atoms with Gasteiger partial charge in [0.05, 0.1) is 19.6 Å². The number of aromatic nitrogens is 1. The summed E-state index contributed by atoms with van der Waals surface area (Å²) < 4.78 is 11.0. The van der Waals surface area contributed by atoms with E-state index in [0.29, 0.717) is 30.2 Å². The number of hydrogen-bond acceptors (Lipinski definition) is 7. The Kier molecular flexibility index (Phi) is 10.4. The van der Waals surface area contributed by atoms with Crippen molar-refractivity contribution in [1.29, 1.82) is 0 Å². The number of rotatable bonds is 8. The van der Waals surface area contributed by atoms with E-state index < -0.39 is 29.7 Å². The highest BCUT2D eigenvalue weighted by Crippen LogP contribution is 2.35. The van der Waals surface area contributed by atoms with E-state index in [1.807, 2.05) is 42.5 Å². The zero-order chi connectivity index (χ0) is 34.6. The van der Waals surface area contributed by atoms with Crippen molar-refractivity contribution >= 4 is 29.8 Å². The molecule has 254 valence electrons. The first-order valence-corrected chi connectivity index (χ1v) is 16.3. The van der Waals surface area contributed by atoms with Crippen molar-refractivity contribution in [2.45, 2.75) is 64.1 Å². The van der Waals surface area contributed by atoms with Gasteiger partial charge < -0.3 is 19.3 Å². The summed E-state index contributed by atoms with van der Waals surface area (Å²) in [5.74, 6) is -0.242. The third kappa shape index (κ3) is 7.78. The number of amides is 5. The van der Waals surface area contributed by atoms with Crippen molar-refractivity contribution in [3.8, 4) is 5.75 Å². The molecule has 0 unspecified atom stereocenters. The molecule has 48 heavy (non-hydrogen) atoms. The molecule has 2 aliphatic heterocycles. The minimum atomic E-state index is -0.935. The van der Waals surface area contributed by atoms with Crippen molar-refractivity contribution in [3.05, 3.63) is 89.6 Å². The number of benzene rings is 2. The Morgan fingerprint density at radius 2 is 1.69 bits per heavy atom. The van der Waals surface area contributed by atoms with Gasteiger partial charge >= 0.3 is 12.1 Å². The monoisotopic (exact) mass is 655 g/mol. The van der Waals surface area contributed by atoms with E-state index in [2.05, 4.69) is 17.1 Å². The van der Waals surface area contributed by atoms with Crippen LogP contribution >= 0.6 is 0 Å². The summed E-state index contributed by atoms with van der Waals surface area (Å²) in [6.45, 7) is 6.58. The van der Waals surface area contributed by atoms with Crippen LogP contribution in [0.2, 0.25) is 0 Å². The van der Waals surface area contributed by atoms with Gasteiger partial charge in [0.1, 0.15) is 23.2 Å². The molecule has 0 radical (unpaired) electrons. The lowest BCUT2D eigenvalue weighted by molar-refractivity contribution is -0.161. The zero-order valence-electron chi connectivity index (χ0n) is 28.6. The van der Waals surface area contributed by atoms with E-state index in [0.717, 1.165) is 28.9 Å². The molecular formula is C37H45N5O6. The number of carbonyl (C=O) groups excluding carboxylic acids is 4. The Hall–Kier alpha value is -4.93. The fourth-order valence-electron chi connectivity index (χ4n) is 6.27. The third-order valence-corrected chi connectivity index (χ3v) is 8.73. The second-order valence-corrected chi connectivity index (χ2v) is 13.6. The van der Waals surface area contributed by atoms with Gasteiger partial charge in [-0.15, -0.1) is 0 Å². The summed E-state index contributed by atoms with van der Waals surface area (Å²) in [7, 11) is 4.84. The highest BCUT2D eigenvalue weighted by molar-refractivity contribution is 6.09. The van der Waals surface area contributed by atoms with Gasteiger partial charge in [-0.1, -0.05) is 42.5 Å². The van der Waals surface area contributed by atoms with Crippen LogP contribution in [0.25, 0.3) is 0 Å². The van der Waals surface area contributed by atoms with Crippen LogP contribution in [0.15, 0.2) is 72.9 Å². The third-order valence-electron chi connectivity index (χ3n) is 8.73. The largest absolute Gasteiger partial charge is 0.497 e. The number of piperidine rings is 1. The van der Waals surface area contributed by atoms with Gasteiger partial charge in [0.2, 0.25) is 11.8 Å². The minimum absolute atomic E-state index is 0.167. The summed E-state index contributed by atoms with van der Waals surface area (Å²) in [5.41, 5.74) is 1.95. The molecule has 3 atom stereocenters. The van der Waals surface area contributed by atoms with Crippen LogP contribution in [0, 0.1) is 5.92 Å². The van der Waals surface area contributed by atoms with E-state index in [1.165, 1.54) is 9.80 Å². The van der Waals surface area contributed by atoms with E-state index in [9.17, 15) is 19.2 Å². The Bertz CT molecular complexity index is 1620. The van der Waals surface area contributed by atoms with Crippen molar-refractivity contribution in [3.63, 3.8) is 0 Å². The number of pyridine rings is 1. The molecule has 3 heterocycles. The number of likely N-dealkylation sites (tertiary alicyclic amines) is 2. The Morgan fingerprint density at radius 3 is 2.33 bits per heavy atom. The number of hydrogen-bond donors (Lipinski definition) is 0. The van der Waals surface area contributed by atoms with E-state index in [1.54, 1.807) is 65.2 Å². The Balaban J connectivity index is 1.36. The lowest BCUT2D eigenvalue weighted by Gasteiger charge is -2.48. The maximum atomic E-state index is 13.8. The summed E-state index contributed by atoms with van der Waals surface area (Å²) >= 11 is 0. The van der Waals surface area contributed by atoms with Crippen molar-refractivity contribution in [2.75, 3.05) is 39.2 Å². The highest BCUT2D eigenvalue weighted by Gasteiger charge is 2.56. The molecule has 0 bridgehead atoms. The SMILES string of the molecule is COc1ccc(CN(C(=O)OC(C)(C)C)c2cc(C[C@H]3C(=O)N(C(=O)N4CCC[C@H](c5ccccc5)C4)[C@@H]3C(=O)N(C)C)ccn2)cc1. The molecule has 11 nitrogen and oxygen atoms in total. The molecule has 3 aromatic rings. The summed E-state index contributed by atoms with van der Waals surface area (Å²) in [5, 5.41) is 0. The molecule has 2 aromatic carbocycles. The van der Waals surface area contributed by atoms with Crippen LogP contribution < -0.4 is 9.64 Å². The summed E-state index contributed by atoms with van der Waals surface area (Å²) in [4.78, 5) is 64.6. The molecule has 2 aliphatic rings. The number of ether oxygens (including phenoxy) is 2. The van der Waals surface area contributed by atoms with Crippen LogP contribution in [-0.4, -0.2) is 89.6 Å². The topological polar surface area (TPSA) is 113 Å². The molecule has 0 saturated carbocycles. The number of imide groups is 1. The minimum Gasteiger partial charge on any atom is -0.497 e. The second-order valence-electron chi connectivity index (χ2n) is 13.6. The first kappa shape index (κ1) is 34.4. The highest BCUT2D eigenvalue weighted by atomic mass is 16.6. The molecule has 0 spiro atoms. The van der Waals surface area contributed by atoms with Gasteiger partial charge in [-0.25, -0.2) is 14.6 Å². The Morgan fingerprint density at radius 1 is 0.979 bits per heavy atom. The number of methoxy groups -OCH3 is 1. The molecule has 5 amide bonds. The fraction of sp³-hybridized carbons (Fsp3) is 0.432. The second kappa shape index (κ2) is 14.5. The lowest BCUT2D eigenvalue weighted by Crippen LogP contribution is -2.70.